The fourth-order valence-corrected chi connectivity index (χ4v) is 1.27. The van der Waals surface area contributed by atoms with Crippen LogP contribution in [-0.4, -0.2) is 19.0 Å². The molecule has 0 aliphatic rings. The molecule has 0 saturated carbocycles. The first kappa shape index (κ1) is 12.3. The Morgan fingerprint density at radius 3 is 2.31 bits per heavy atom. The highest BCUT2D eigenvalue weighted by atomic mass is 35.5. The summed E-state index contributed by atoms with van der Waals surface area (Å²) >= 11 is 5.71. The molecule has 0 bridgehead atoms. The van der Waals surface area contributed by atoms with Crippen molar-refractivity contribution in [2.45, 2.75) is 0 Å². The Morgan fingerprint density at radius 1 is 1.31 bits per heavy atom. The van der Waals surface area contributed by atoms with E-state index in [-0.39, 0.29) is 5.57 Å². The number of benzene rings is 1. The van der Waals surface area contributed by atoms with Crippen LogP contribution >= 0.6 is 11.6 Å². The minimum Gasteiger partial charge on any atom is -0.465 e. The van der Waals surface area contributed by atoms with E-state index in [1.165, 1.54) is 7.11 Å². The van der Waals surface area contributed by atoms with E-state index in [4.69, 9.17) is 17.3 Å². The first-order valence-electron chi connectivity index (χ1n) is 4.40. The second-order valence-electron chi connectivity index (χ2n) is 2.96. The van der Waals surface area contributed by atoms with Crippen molar-refractivity contribution in [1.29, 1.82) is 0 Å². The van der Waals surface area contributed by atoms with Crippen molar-refractivity contribution < 1.29 is 14.3 Å². The molecule has 0 unspecified atom stereocenters. The van der Waals surface area contributed by atoms with Gasteiger partial charge in [0.25, 0.3) is 0 Å². The average Bonchev–Trinajstić information content (AvgIpc) is 2.26. The van der Waals surface area contributed by atoms with Gasteiger partial charge in [-0.1, -0.05) is 23.7 Å². The van der Waals surface area contributed by atoms with Crippen LogP contribution in [0.5, 0.6) is 0 Å². The number of hydrogen-bond donors (Lipinski definition) is 1. The molecule has 84 valence electrons. The summed E-state index contributed by atoms with van der Waals surface area (Å²) in [5, 5.41) is 0.534. The molecule has 0 aliphatic carbocycles. The van der Waals surface area contributed by atoms with Gasteiger partial charge in [-0.2, -0.15) is 0 Å². The summed E-state index contributed by atoms with van der Waals surface area (Å²) in [6, 6.07) is 6.42. The summed E-state index contributed by atoms with van der Waals surface area (Å²) in [6.45, 7) is 0. The van der Waals surface area contributed by atoms with Crippen molar-refractivity contribution >= 4 is 29.1 Å². The van der Waals surface area contributed by atoms with Crippen LogP contribution in [0.3, 0.4) is 0 Å². The van der Waals surface area contributed by atoms with Gasteiger partial charge in [0.05, 0.1) is 12.7 Å². The van der Waals surface area contributed by atoms with Crippen molar-refractivity contribution in [2.75, 3.05) is 7.11 Å². The highest BCUT2D eigenvalue weighted by Crippen LogP contribution is 2.18. The van der Waals surface area contributed by atoms with Crippen molar-refractivity contribution in [3.63, 3.8) is 0 Å². The lowest BCUT2D eigenvalue weighted by Crippen LogP contribution is -2.11. The van der Waals surface area contributed by atoms with Crippen molar-refractivity contribution in [1.82, 2.24) is 0 Å². The smallest absolute Gasteiger partial charge is 0.338 e. The van der Waals surface area contributed by atoms with Crippen molar-refractivity contribution in [3.05, 3.63) is 40.9 Å². The van der Waals surface area contributed by atoms with Gasteiger partial charge < -0.3 is 10.5 Å². The summed E-state index contributed by atoms with van der Waals surface area (Å²) in [4.78, 5) is 22.2. The Bertz CT molecular complexity index is 437. The zero-order chi connectivity index (χ0) is 12.1. The molecule has 0 aromatic heterocycles. The van der Waals surface area contributed by atoms with Gasteiger partial charge in [-0.05, 0) is 17.7 Å². The van der Waals surface area contributed by atoms with E-state index in [9.17, 15) is 9.59 Å². The molecule has 0 aliphatic heterocycles. The van der Waals surface area contributed by atoms with Crippen LogP contribution < -0.4 is 5.73 Å². The molecule has 1 aromatic carbocycles. The van der Waals surface area contributed by atoms with Crippen LogP contribution in [0.15, 0.2) is 30.3 Å². The normalized spacial score (nSPS) is 11.0. The van der Waals surface area contributed by atoms with Crippen LogP contribution in [0.2, 0.25) is 5.02 Å². The van der Waals surface area contributed by atoms with Crippen LogP contribution in [0.4, 0.5) is 0 Å². The molecular weight excluding hydrogens is 230 g/mol. The van der Waals surface area contributed by atoms with Gasteiger partial charge in [0, 0.05) is 11.1 Å². The highest BCUT2D eigenvalue weighted by Gasteiger charge is 2.13. The molecule has 0 spiro atoms. The third-order valence-electron chi connectivity index (χ3n) is 1.85. The number of carbonyl (C=O) groups excluding carboxylic acids is 2. The van der Waals surface area contributed by atoms with Crippen LogP contribution in [0.25, 0.3) is 5.57 Å². The second kappa shape index (κ2) is 5.32. The predicted molar refractivity (Wildman–Crippen MR) is 60.6 cm³/mol. The quantitative estimate of drug-likeness (QED) is 0.640. The predicted octanol–water partition coefficient (Wildman–Crippen LogP) is 1.38. The van der Waals surface area contributed by atoms with Gasteiger partial charge in [0.1, 0.15) is 0 Å². The van der Waals surface area contributed by atoms with E-state index < -0.39 is 11.9 Å². The number of amides is 1. The van der Waals surface area contributed by atoms with E-state index in [0.717, 1.165) is 6.08 Å². The number of rotatable bonds is 3. The highest BCUT2D eigenvalue weighted by molar-refractivity contribution is 6.30. The monoisotopic (exact) mass is 239 g/mol. The standard InChI is InChI=1S/C11H10ClNO3/c1-16-11(15)9(6-10(13)14)7-2-4-8(12)5-3-7/h2-6H,1H3,(H2,13,14). The third kappa shape index (κ3) is 3.10. The maximum atomic E-state index is 11.4. The molecule has 0 atom stereocenters. The number of nitrogens with two attached hydrogens (primary N) is 1. The van der Waals surface area contributed by atoms with Gasteiger partial charge >= 0.3 is 5.97 Å². The zero-order valence-electron chi connectivity index (χ0n) is 8.57. The van der Waals surface area contributed by atoms with Crippen LogP contribution in [-0.2, 0) is 14.3 Å². The molecular formula is C11H10ClNO3. The van der Waals surface area contributed by atoms with E-state index in [2.05, 4.69) is 4.74 Å². The largest absolute Gasteiger partial charge is 0.465 e. The Kier molecular flexibility index (Phi) is 4.08. The summed E-state index contributed by atoms with van der Waals surface area (Å²) in [5.74, 6) is -1.34. The molecule has 1 amide bonds. The average molecular weight is 240 g/mol. The molecule has 16 heavy (non-hydrogen) atoms. The molecule has 1 rings (SSSR count). The first-order chi connectivity index (χ1) is 7.54. The van der Waals surface area contributed by atoms with Crippen LogP contribution in [0.1, 0.15) is 5.56 Å². The summed E-state index contributed by atoms with van der Waals surface area (Å²) in [5.41, 5.74) is 5.63. The maximum absolute atomic E-state index is 11.4. The SMILES string of the molecule is COC(=O)C(=CC(N)=O)c1ccc(Cl)cc1. The van der Waals surface area contributed by atoms with Gasteiger partial charge in [-0.15, -0.1) is 0 Å². The Hall–Kier alpha value is -1.81. The lowest BCUT2D eigenvalue weighted by molar-refractivity contribution is -0.133. The maximum Gasteiger partial charge on any atom is 0.338 e. The number of hydrogen-bond acceptors (Lipinski definition) is 3. The number of halogens is 1. The van der Waals surface area contributed by atoms with Crippen molar-refractivity contribution in [2.24, 2.45) is 5.73 Å². The number of methoxy groups -OCH3 is 1. The van der Waals surface area contributed by atoms with Gasteiger partial charge in [0.2, 0.25) is 5.91 Å². The fraction of sp³-hybridized carbons (Fsp3) is 0.0909. The number of carbonyl (C=O) groups is 2. The molecule has 0 radical (unpaired) electrons. The minimum absolute atomic E-state index is 0.103. The van der Waals surface area contributed by atoms with E-state index >= 15 is 0 Å². The molecule has 4 nitrogen and oxygen atoms in total. The topological polar surface area (TPSA) is 69.4 Å². The molecule has 0 saturated heterocycles. The molecule has 0 heterocycles. The minimum atomic E-state index is -0.713. The lowest BCUT2D eigenvalue weighted by Gasteiger charge is -2.04. The number of ether oxygens (including phenoxy) is 1. The summed E-state index contributed by atoms with van der Waals surface area (Å²) < 4.78 is 4.55. The van der Waals surface area contributed by atoms with E-state index in [0.29, 0.717) is 10.6 Å². The first-order valence-corrected chi connectivity index (χ1v) is 4.77. The third-order valence-corrected chi connectivity index (χ3v) is 2.10. The van der Waals surface area contributed by atoms with Gasteiger partial charge in [-0.25, -0.2) is 4.79 Å². The fourth-order valence-electron chi connectivity index (χ4n) is 1.14. The molecule has 2 N–H and O–H groups in total. The number of primary amides is 1. The number of esters is 1. The molecule has 5 heteroatoms. The van der Waals surface area contributed by atoms with Crippen LogP contribution in [0, 0.1) is 0 Å². The van der Waals surface area contributed by atoms with Crippen molar-refractivity contribution in [3.8, 4) is 0 Å². The second-order valence-corrected chi connectivity index (χ2v) is 3.40. The molecule has 0 fully saturated rings. The Labute approximate surface area is 97.6 Å². The zero-order valence-corrected chi connectivity index (χ0v) is 9.32. The lowest BCUT2D eigenvalue weighted by atomic mass is 10.1. The van der Waals surface area contributed by atoms with E-state index in [1.54, 1.807) is 24.3 Å². The van der Waals surface area contributed by atoms with Gasteiger partial charge in [0.15, 0.2) is 0 Å². The summed E-state index contributed by atoms with van der Waals surface area (Å²) in [6.07, 6.45) is 1.02. The Morgan fingerprint density at radius 2 is 1.88 bits per heavy atom. The summed E-state index contributed by atoms with van der Waals surface area (Å²) in [7, 11) is 1.23. The Balaban J connectivity index is 3.16. The molecule has 1 aromatic rings. The van der Waals surface area contributed by atoms with E-state index in [1.807, 2.05) is 0 Å². The van der Waals surface area contributed by atoms with Gasteiger partial charge in [-0.3, -0.25) is 4.79 Å².